The molecule has 0 saturated carbocycles. The van der Waals surface area contributed by atoms with Gasteiger partial charge in [-0.05, 0) is 70.6 Å². The van der Waals surface area contributed by atoms with Crippen molar-refractivity contribution in [2.75, 3.05) is 45.7 Å². The van der Waals surface area contributed by atoms with E-state index in [4.69, 9.17) is 16.3 Å². The van der Waals surface area contributed by atoms with Crippen LogP contribution in [0.25, 0.3) is 0 Å². The van der Waals surface area contributed by atoms with Crippen molar-refractivity contribution in [2.24, 2.45) is 5.92 Å². The molecular weight excluding hydrogens is 402 g/mol. The highest BCUT2D eigenvalue weighted by atomic mass is 35.5. The second kappa shape index (κ2) is 10.4. The number of rotatable bonds is 6. The SMILES string of the molecule is CN(C)C(=O)c1ccc(N(C)CCCC2CCN(C(=O)OC(C)(C)C)CC2)cc1Cl. The van der Waals surface area contributed by atoms with E-state index in [0.29, 0.717) is 16.5 Å². The van der Waals surface area contributed by atoms with Gasteiger partial charge in [0.25, 0.3) is 5.91 Å². The number of benzene rings is 1. The molecule has 6 nitrogen and oxygen atoms in total. The molecule has 1 saturated heterocycles. The Hall–Kier alpha value is -1.95. The molecule has 2 amide bonds. The maximum Gasteiger partial charge on any atom is 0.410 e. The molecule has 1 aromatic rings. The molecule has 2 rings (SSSR count). The second-order valence-corrected chi connectivity index (χ2v) is 9.75. The fraction of sp³-hybridized carbons (Fsp3) is 0.652. The molecule has 0 radical (unpaired) electrons. The fourth-order valence-corrected chi connectivity index (χ4v) is 3.89. The van der Waals surface area contributed by atoms with Gasteiger partial charge in [0.2, 0.25) is 0 Å². The van der Waals surface area contributed by atoms with E-state index in [2.05, 4.69) is 4.90 Å². The Bertz CT molecular complexity index is 738. The van der Waals surface area contributed by atoms with Crippen LogP contribution < -0.4 is 4.90 Å². The number of anilines is 1. The molecule has 1 aliphatic heterocycles. The summed E-state index contributed by atoms with van der Waals surface area (Å²) in [6.45, 7) is 8.15. The zero-order chi connectivity index (χ0) is 22.5. The molecule has 0 unspecified atom stereocenters. The average Bonchev–Trinajstić information content (AvgIpc) is 2.66. The molecule has 1 heterocycles. The standard InChI is InChI=1S/C23H36ClN3O3/c1-23(2,3)30-22(29)27-14-11-17(12-15-27)8-7-13-26(6)18-9-10-19(20(24)16-18)21(28)25(4)5/h9-10,16-17H,7-8,11-15H2,1-6H3. The van der Waals surface area contributed by atoms with Crippen LogP contribution in [-0.2, 0) is 4.74 Å². The van der Waals surface area contributed by atoms with Gasteiger partial charge < -0.3 is 19.4 Å². The molecule has 0 N–H and O–H groups in total. The van der Waals surface area contributed by atoms with Crippen molar-refractivity contribution in [3.05, 3.63) is 28.8 Å². The molecule has 168 valence electrons. The van der Waals surface area contributed by atoms with Crippen molar-refractivity contribution < 1.29 is 14.3 Å². The number of piperidine rings is 1. The molecule has 1 fully saturated rings. The van der Waals surface area contributed by atoms with E-state index in [1.54, 1.807) is 20.2 Å². The monoisotopic (exact) mass is 437 g/mol. The summed E-state index contributed by atoms with van der Waals surface area (Å²) in [5.74, 6) is 0.549. The second-order valence-electron chi connectivity index (χ2n) is 9.34. The lowest BCUT2D eigenvalue weighted by molar-refractivity contribution is 0.0180. The number of nitrogens with zero attached hydrogens (tertiary/aromatic N) is 3. The van der Waals surface area contributed by atoms with Gasteiger partial charge in [0.1, 0.15) is 5.60 Å². The number of likely N-dealkylation sites (tertiary alicyclic amines) is 1. The Morgan fingerprint density at radius 3 is 2.33 bits per heavy atom. The molecule has 7 heteroatoms. The molecule has 1 aliphatic rings. The van der Waals surface area contributed by atoms with Crippen LogP contribution in [-0.4, -0.2) is 68.2 Å². The first-order chi connectivity index (χ1) is 14.0. The first-order valence-electron chi connectivity index (χ1n) is 10.7. The molecule has 0 atom stereocenters. The van der Waals surface area contributed by atoms with Gasteiger partial charge in [0, 0.05) is 46.5 Å². The van der Waals surface area contributed by atoms with Crippen LogP contribution in [0.2, 0.25) is 5.02 Å². The van der Waals surface area contributed by atoms with E-state index in [1.807, 2.05) is 44.9 Å². The van der Waals surface area contributed by atoms with Crippen LogP contribution in [0.3, 0.4) is 0 Å². The summed E-state index contributed by atoms with van der Waals surface area (Å²) in [5, 5.41) is 0.479. The lowest BCUT2D eigenvalue weighted by atomic mass is 9.92. The first kappa shape index (κ1) is 24.3. The number of carbonyl (C=O) groups excluding carboxylic acids is 2. The first-order valence-corrected chi connectivity index (χ1v) is 11.1. The largest absolute Gasteiger partial charge is 0.444 e. The highest BCUT2D eigenvalue weighted by molar-refractivity contribution is 6.34. The van der Waals surface area contributed by atoms with Crippen molar-refractivity contribution in [2.45, 2.75) is 52.1 Å². The Morgan fingerprint density at radius 2 is 1.80 bits per heavy atom. The zero-order valence-electron chi connectivity index (χ0n) is 19.2. The minimum absolute atomic E-state index is 0.0908. The van der Waals surface area contributed by atoms with Crippen molar-refractivity contribution >= 4 is 29.3 Å². The van der Waals surface area contributed by atoms with E-state index in [1.165, 1.54) is 4.90 Å². The van der Waals surface area contributed by atoms with Gasteiger partial charge in [0.15, 0.2) is 0 Å². The zero-order valence-corrected chi connectivity index (χ0v) is 20.0. The maximum absolute atomic E-state index is 12.2. The van der Waals surface area contributed by atoms with Gasteiger partial charge in [0.05, 0.1) is 10.6 Å². The van der Waals surface area contributed by atoms with Crippen LogP contribution in [0, 0.1) is 5.92 Å². The van der Waals surface area contributed by atoms with Crippen LogP contribution in [0.5, 0.6) is 0 Å². The molecule has 0 bridgehead atoms. The minimum atomic E-state index is -0.445. The van der Waals surface area contributed by atoms with Gasteiger partial charge in [-0.1, -0.05) is 11.6 Å². The van der Waals surface area contributed by atoms with Crippen LogP contribution in [0.1, 0.15) is 56.8 Å². The smallest absolute Gasteiger partial charge is 0.410 e. The van der Waals surface area contributed by atoms with Crippen molar-refractivity contribution in [3.63, 3.8) is 0 Å². The van der Waals surface area contributed by atoms with Crippen molar-refractivity contribution in [3.8, 4) is 0 Å². The Balaban J connectivity index is 1.76. The summed E-state index contributed by atoms with van der Waals surface area (Å²) >= 11 is 6.33. The summed E-state index contributed by atoms with van der Waals surface area (Å²) < 4.78 is 5.47. The Kier molecular flexibility index (Phi) is 8.42. The van der Waals surface area contributed by atoms with Gasteiger partial charge in [-0.25, -0.2) is 4.79 Å². The quantitative estimate of drug-likeness (QED) is 0.634. The number of carbonyl (C=O) groups is 2. The topological polar surface area (TPSA) is 53.1 Å². The Labute approximate surface area is 186 Å². The van der Waals surface area contributed by atoms with Crippen molar-refractivity contribution in [1.82, 2.24) is 9.80 Å². The van der Waals surface area contributed by atoms with E-state index in [-0.39, 0.29) is 12.0 Å². The number of hydrogen-bond acceptors (Lipinski definition) is 4. The molecule has 0 aliphatic carbocycles. The van der Waals surface area contributed by atoms with E-state index in [9.17, 15) is 9.59 Å². The predicted molar refractivity (Wildman–Crippen MR) is 123 cm³/mol. The van der Waals surface area contributed by atoms with Crippen molar-refractivity contribution in [1.29, 1.82) is 0 Å². The van der Waals surface area contributed by atoms with Gasteiger partial charge in [-0.2, -0.15) is 0 Å². The summed E-state index contributed by atoms with van der Waals surface area (Å²) in [6, 6.07) is 5.60. The summed E-state index contributed by atoms with van der Waals surface area (Å²) in [5.41, 5.74) is 1.09. The predicted octanol–water partition coefficient (Wildman–Crippen LogP) is 4.91. The third-order valence-electron chi connectivity index (χ3n) is 5.40. The molecule has 30 heavy (non-hydrogen) atoms. The van der Waals surface area contributed by atoms with Gasteiger partial charge >= 0.3 is 6.09 Å². The van der Waals surface area contributed by atoms with E-state index >= 15 is 0 Å². The molecule has 1 aromatic carbocycles. The lowest BCUT2D eigenvalue weighted by Gasteiger charge is -2.33. The summed E-state index contributed by atoms with van der Waals surface area (Å²) in [7, 11) is 5.48. The fourth-order valence-electron chi connectivity index (χ4n) is 3.63. The van der Waals surface area contributed by atoms with E-state index < -0.39 is 5.60 Å². The van der Waals surface area contributed by atoms with Gasteiger partial charge in [-0.3, -0.25) is 4.79 Å². The molecular formula is C23H36ClN3O3. The summed E-state index contributed by atoms with van der Waals surface area (Å²) in [4.78, 5) is 29.8. The number of amides is 2. The third kappa shape index (κ3) is 7.08. The van der Waals surface area contributed by atoms with Crippen LogP contribution in [0.4, 0.5) is 10.5 Å². The molecule has 0 spiro atoms. The number of hydrogen-bond donors (Lipinski definition) is 0. The highest BCUT2D eigenvalue weighted by Gasteiger charge is 2.26. The molecule has 0 aromatic heterocycles. The maximum atomic E-state index is 12.2. The van der Waals surface area contributed by atoms with Gasteiger partial charge in [-0.15, -0.1) is 0 Å². The number of ether oxygens (including phenoxy) is 1. The highest BCUT2D eigenvalue weighted by Crippen LogP contribution is 2.26. The average molecular weight is 438 g/mol. The number of halogens is 1. The third-order valence-corrected chi connectivity index (χ3v) is 5.71. The lowest BCUT2D eigenvalue weighted by Crippen LogP contribution is -2.41. The van der Waals surface area contributed by atoms with Crippen LogP contribution in [0.15, 0.2) is 18.2 Å². The normalized spacial score (nSPS) is 15.1. The van der Waals surface area contributed by atoms with E-state index in [0.717, 1.165) is 51.0 Å². The summed E-state index contributed by atoms with van der Waals surface area (Å²) in [6.07, 6.45) is 4.06. The minimum Gasteiger partial charge on any atom is -0.444 e. The Morgan fingerprint density at radius 1 is 1.17 bits per heavy atom. The van der Waals surface area contributed by atoms with Crippen LogP contribution >= 0.6 is 11.6 Å².